The van der Waals surface area contributed by atoms with Crippen LogP contribution in [0.4, 0.5) is 5.69 Å². The van der Waals surface area contributed by atoms with E-state index in [0.717, 1.165) is 47.9 Å². The molecule has 2 aromatic heterocycles. The number of anilines is 1. The van der Waals surface area contributed by atoms with E-state index in [1.807, 2.05) is 36.1 Å². The van der Waals surface area contributed by atoms with Gasteiger partial charge in [-0.25, -0.2) is 15.0 Å². The van der Waals surface area contributed by atoms with Gasteiger partial charge in [-0.2, -0.15) is 0 Å². The van der Waals surface area contributed by atoms with Crippen LogP contribution < -0.4 is 5.32 Å². The lowest BCUT2D eigenvalue weighted by atomic mass is 9.62. The second-order valence-corrected chi connectivity index (χ2v) is 9.73. The zero-order valence-corrected chi connectivity index (χ0v) is 18.2. The van der Waals surface area contributed by atoms with Crippen LogP contribution in [0.5, 0.6) is 0 Å². The first-order valence-electron chi connectivity index (χ1n) is 10.1. The Kier molecular flexibility index (Phi) is 4.95. The third kappa shape index (κ3) is 3.46. The molecule has 3 fully saturated rings. The van der Waals surface area contributed by atoms with Gasteiger partial charge in [-0.1, -0.05) is 11.6 Å². The van der Waals surface area contributed by atoms with Crippen LogP contribution in [-0.4, -0.2) is 44.4 Å². The van der Waals surface area contributed by atoms with E-state index >= 15 is 0 Å². The number of fused-ring (bicyclic) bond motifs is 2. The predicted octanol–water partition coefficient (Wildman–Crippen LogP) is 4.67. The van der Waals surface area contributed by atoms with Gasteiger partial charge in [0.25, 0.3) is 5.91 Å². The highest BCUT2D eigenvalue weighted by Gasteiger charge is 2.54. The van der Waals surface area contributed by atoms with Gasteiger partial charge in [0.1, 0.15) is 4.88 Å². The lowest BCUT2D eigenvalue weighted by Gasteiger charge is -2.59. The largest absolute Gasteiger partial charge is 0.383 e. The molecule has 30 heavy (non-hydrogen) atoms. The monoisotopic (exact) mass is 439 g/mol. The van der Waals surface area contributed by atoms with Crippen molar-refractivity contribution in [2.75, 3.05) is 18.4 Å². The van der Waals surface area contributed by atoms with Gasteiger partial charge in [0.15, 0.2) is 11.5 Å². The highest BCUT2D eigenvalue weighted by molar-refractivity contribution is 7.15. The van der Waals surface area contributed by atoms with Gasteiger partial charge >= 0.3 is 0 Å². The van der Waals surface area contributed by atoms with Crippen LogP contribution in [0.2, 0.25) is 5.02 Å². The molecule has 4 heterocycles. The number of rotatable bonds is 5. The molecular weight excluding hydrogens is 418 g/mol. The fourth-order valence-electron chi connectivity index (χ4n) is 4.65. The molecule has 1 saturated carbocycles. The van der Waals surface area contributed by atoms with E-state index < -0.39 is 0 Å². The molecular formula is C22H22ClN5OS. The summed E-state index contributed by atoms with van der Waals surface area (Å²) in [5.41, 5.74) is 1.31. The summed E-state index contributed by atoms with van der Waals surface area (Å²) in [7, 11) is 0. The molecule has 6 nitrogen and oxygen atoms in total. The van der Waals surface area contributed by atoms with Crippen LogP contribution in [0, 0.1) is 12.8 Å². The van der Waals surface area contributed by atoms with Gasteiger partial charge in [0.05, 0.1) is 10.5 Å². The Hall–Kier alpha value is -2.51. The summed E-state index contributed by atoms with van der Waals surface area (Å²) in [5.74, 6) is 1.25. The maximum Gasteiger partial charge on any atom is 0.274 e. The Balaban J connectivity index is 1.41. The minimum Gasteiger partial charge on any atom is -0.383 e. The van der Waals surface area contributed by atoms with Gasteiger partial charge in [0, 0.05) is 36.2 Å². The van der Waals surface area contributed by atoms with Crippen molar-refractivity contribution in [3.63, 3.8) is 0 Å². The first-order chi connectivity index (χ1) is 14.5. The van der Waals surface area contributed by atoms with Crippen LogP contribution >= 0.6 is 22.9 Å². The Morgan fingerprint density at radius 1 is 1.27 bits per heavy atom. The van der Waals surface area contributed by atoms with E-state index in [-0.39, 0.29) is 11.4 Å². The summed E-state index contributed by atoms with van der Waals surface area (Å²) in [6.45, 7) is 3.40. The molecule has 0 spiro atoms. The third-order valence-electron chi connectivity index (χ3n) is 6.09. The van der Waals surface area contributed by atoms with Crippen LogP contribution in [0.15, 0.2) is 42.7 Å². The molecule has 0 unspecified atom stereocenters. The molecule has 1 aliphatic carbocycles. The third-order valence-corrected chi connectivity index (χ3v) is 7.31. The molecule has 6 rings (SSSR count). The smallest absolute Gasteiger partial charge is 0.274 e. The summed E-state index contributed by atoms with van der Waals surface area (Å²) in [6, 6.07) is 9.46. The van der Waals surface area contributed by atoms with Crippen LogP contribution in [0.3, 0.4) is 0 Å². The van der Waals surface area contributed by atoms with Crippen LogP contribution in [0.25, 0.3) is 10.7 Å². The van der Waals surface area contributed by atoms with Crippen molar-refractivity contribution < 1.29 is 4.79 Å². The predicted molar refractivity (Wildman–Crippen MR) is 119 cm³/mol. The number of aromatic nitrogens is 3. The topological polar surface area (TPSA) is 71.0 Å². The zero-order valence-electron chi connectivity index (χ0n) is 16.6. The number of nitrogens with one attached hydrogen (secondary N) is 1. The second kappa shape index (κ2) is 7.63. The quantitative estimate of drug-likeness (QED) is 0.625. The summed E-state index contributed by atoms with van der Waals surface area (Å²) < 4.78 is 0. The second-order valence-electron chi connectivity index (χ2n) is 8.09. The average Bonchev–Trinajstić information content (AvgIpc) is 3.14. The van der Waals surface area contributed by atoms with E-state index in [1.165, 1.54) is 11.3 Å². The number of aryl methyl sites for hydroxylation is 1. The standard InChI is InChI=1S/C22H22ClN5OS/c1-14-27-18(19(30-14)20-24-8-2-9-25-20)21(29)28-10-7-15-11-22(28,12-15)13-26-17-5-3-16(23)4-6-17/h2-6,8-9,15,26H,7,10-13H2,1H3. The molecule has 0 atom stereocenters. The SMILES string of the molecule is Cc1nc(C(=O)N2CCC3CC2(CNc2ccc(Cl)cc2)C3)c(-c2ncccn2)s1. The number of halogens is 1. The fourth-order valence-corrected chi connectivity index (χ4v) is 5.63. The minimum atomic E-state index is -0.175. The number of thiazole rings is 1. The van der Waals surface area contributed by atoms with Crippen molar-refractivity contribution in [1.29, 1.82) is 0 Å². The molecule has 1 N–H and O–H groups in total. The van der Waals surface area contributed by atoms with E-state index in [1.54, 1.807) is 18.5 Å². The number of nitrogens with zero attached hydrogens (tertiary/aromatic N) is 4. The van der Waals surface area contributed by atoms with Crippen molar-refractivity contribution in [3.05, 3.63) is 58.4 Å². The Morgan fingerprint density at radius 3 is 2.73 bits per heavy atom. The molecule has 8 heteroatoms. The van der Waals surface area contributed by atoms with Crippen molar-refractivity contribution in [1.82, 2.24) is 19.9 Å². The van der Waals surface area contributed by atoms with Gasteiger partial charge in [-0.3, -0.25) is 4.79 Å². The lowest BCUT2D eigenvalue weighted by Crippen LogP contribution is -2.67. The van der Waals surface area contributed by atoms with Crippen molar-refractivity contribution in [3.8, 4) is 10.7 Å². The first-order valence-corrected chi connectivity index (χ1v) is 11.3. The number of carbonyl (C=O) groups is 1. The number of benzene rings is 1. The van der Waals surface area contributed by atoms with Gasteiger partial charge in [-0.15, -0.1) is 11.3 Å². The summed E-state index contributed by atoms with van der Waals surface area (Å²) >= 11 is 7.47. The highest BCUT2D eigenvalue weighted by Crippen LogP contribution is 2.49. The van der Waals surface area contributed by atoms with Crippen molar-refractivity contribution in [2.24, 2.45) is 5.92 Å². The van der Waals surface area contributed by atoms with Crippen LogP contribution in [0.1, 0.15) is 34.8 Å². The normalized spacial score (nSPS) is 22.5. The number of hydrogen-bond acceptors (Lipinski definition) is 6. The number of carbonyl (C=O) groups excluding carboxylic acids is 1. The number of amides is 1. The number of piperidine rings is 2. The number of hydrogen-bond donors (Lipinski definition) is 1. The molecule has 154 valence electrons. The molecule has 0 radical (unpaired) electrons. The Bertz CT molecular complexity index is 1060. The van der Waals surface area contributed by atoms with E-state index in [9.17, 15) is 4.79 Å². The molecule has 3 aromatic rings. The van der Waals surface area contributed by atoms with E-state index in [0.29, 0.717) is 22.5 Å². The molecule has 1 amide bonds. The van der Waals surface area contributed by atoms with Crippen LogP contribution in [-0.2, 0) is 0 Å². The minimum absolute atomic E-state index is 0.0159. The molecule has 2 aliphatic heterocycles. The lowest BCUT2D eigenvalue weighted by molar-refractivity contribution is -0.0489. The Labute approximate surface area is 184 Å². The first kappa shape index (κ1) is 19.5. The van der Waals surface area contributed by atoms with E-state index in [2.05, 4.69) is 20.3 Å². The van der Waals surface area contributed by atoms with Gasteiger partial charge < -0.3 is 10.2 Å². The van der Waals surface area contributed by atoms with E-state index in [4.69, 9.17) is 11.6 Å². The zero-order chi connectivity index (χ0) is 20.7. The Morgan fingerprint density at radius 2 is 2.00 bits per heavy atom. The average molecular weight is 440 g/mol. The highest BCUT2D eigenvalue weighted by atomic mass is 35.5. The van der Waals surface area contributed by atoms with Crippen molar-refractivity contribution >= 4 is 34.5 Å². The maximum absolute atomic E-state index is 13.7. The molecule has 2 saturated heterocycles. The maximum atomic E-state index is 13.7. The fraction of sp³-hybridized carbons (Fsp3) is 0.364. The van der Waals surface area contributed by atoms with Gasteiger partial charge in [-0.05, 0) is 62.4 Å². The molecule has 2 bridgehead atoms. The molecule has 1 aromatic carbocycles. The van der Waals surface area contributed by atoms with Gasteiger partial charge in [0.2, 0.25) is 0 Å². The van der Waals surface area contributed by atoms with Crippen molar-refractivity contribution in [2.45, 2.75) is 31.7 Å². The summed E-state index contributed by atoms with van der Waals surface area (Å²) in [4.78, 5) is 29.7. The summed E-state index contributed by atoms with van der Waals surface area (Å²) in [6.07, 6.45) is 6.50. The summed E-state index contributed by atoms with van der Waals surface area (Å²) in [5, 5.41) is 5.07. The molecule has 3 aliphatic rings.